The molecule has 9 heteroatoms. The fourth-order valence-corrected chi connectivity index (χ4v) is 4.24. The molecule has 1 aromatic heterocycles. The van der Waals surface area contributed by atoms with E-state index in [0.717, 1.165) is 17.5 Å². The maximum absolute atomic E-state index is 13.0. The number of amidine groups is 1. The van der Waals surface area contributed by atoms with E-state index < -0.39 is 18.4 Å². The highest BCUT2D eigenvalue weighted by atomic mass is 32.2. The molecule has 0 aliphatic carbocycles. The van der Waals surface area contributed by atoms with Gasteiger partial charge >= 0.3 is 5.97 Å². The first-order valence-electron chi connectivity index (χ1n) is 8.72. The third kappa shape index (κ3) is 3.29. The molecule has 29 heavy (non-hydrogen) atoms. The highest BCUT2D eigenvalue weighted by molar-refractivity contribution is 8.18. The Morgan fingerprint density at radius 3 is 2.62 bits per heavy atom. The predicted molar refractivity (Wildman–Crippen MR) is 110 cm³/mol. The van der Waals surface area contributed by atoms with Crippen LogP contribution in [0, 0.1) is 6.92 Å². The molecule has 0 unspecified atom stereocenters. The Labute approximate surface area is 170 Å². The number of likely N-dealkylation sites (N-methyl/N-ethyl adjacent to an activating group) is 1. The Morgan fingerprint density at radius 2 is 1.90 bits per heavy atom. The third-order valence-electron chi connectivity index (χ3n) is 4.51. The van der Waals surface area contributed by atoms with Crippen molar-refractivity contribution in [1.29, 1.82) is 0 Å². The number of carboxylic acid groups (broad SMARTS) is 1. The minimum absolute atomic E-state index is 0.200. The summed E-state index contributed by atoms with van der Waals surface area (Å²) in [4.78, 5) is 48.7. The van der Waals surface area contributed by atoms with Crippen molar-refractivity contribution < 1.29 is 19.5 Å². The van der Waals surface area contributed by atoms with Crippen LogP contribution in [-0.4, -0.2) is 51.5 Å². The molecule has 1 N–H and O–H groups in total. The maximum atomic E-state index is 13.0. The van der Waals surface area contributed by atoms with Crippen LogP contribution in [0.2, 0.25) is 0 Å². The normalized spacial score (nSPS) is 20.0. The molecule has 2 amide bonds. The van der Waals surface area contributed by atoms with Gasteiger partial charge in [0.05, 0.1) is 16.2 Å². The minimum Gasteiger partial charge on any atom is -0.480 e. The number of thioether (sulfide) groups is 1. The smallest absolute Gasteiger partial charge is 0.323 e. The number of carbonyl (C=O) groups excluding carboxylic acids is 2. The lowest BCUT2D eigenvalue weighted by atomic mass is 10.1. The Balaban J connectivity index is 1.80. The van der Waals surface area contributed by atoms with Crippen molar-refractivity contribution in [2.24, 2.45) is 4.99 Å². The van der Waals surface area contributed by atoms with E-state index in [1.807, 2.05) is 19.1 Å². The summed E-state index contributed by atoms with van der Waals surface area (Å²) in [5.41, 5.74) is 2.01. The summed E-state index contributed by atoms with van der Waals surface area (Å²) in [5.74, 6) is -1.54. The SMILES string of the molecule is Cc1cccc(/N=C2/S/C(=C3\C(=O)N(CC(=O)O)c4ccccc43)C(=O)N2C)n1. The Kier molecular flexibility index (Phi) is 4.67. The molecular weight excluding hydrogens is 392 g/mol. The summed E-state index contributed by atoms with van der Waals surface area (Å²) in [6.07, 6.45) is 0. The van der Waals surface area contributed by atoms with Crippen LogP contribution >= 0.6 is 11.8 Å². The van der Waals surface area contributed by atoms with Crippen LogP contribution in [0.25, 0.3) is 5.57 Å². The molecule has 3 heterocycles. The summed E-state index contributed by atoms with van der Waals surface area (Å²) < 4.78 is 0. The molecule has 0 saturated carbocycles. The molecule has 1 saturated heterocycles. The molecule has 2 aromatic rings. The number of carboxylic acids is 1. The number of rotatable bonds is 3. The second kappa shape index (κ2) is 7.17. The lowest BCUT2D eigenvalue weighted by Gasteiger charge is -2.13. The number of hydrogen-bond donors (Lipinski definition) is 1. The molecule has 2 aliphatic rings. The van der Waals surface area contributed by atoms with Crippen LogP contribution in [0.3, 0.4) is 0 Å². The van der Waals surface area contributed by atoms with Crippen molar-refractivity contribution in [2.75, 3.05) is 18.5 Å². The number of para-hydroxylation sites is 1. The van der Waals surface area contributed by atoms with Crippen molar-refractivity contribution >= 4 is 51.8 Å². The Morgan fingerprint density at radius 1 is 1.14 bits per heavy atom. The fourth-order valence-electron chi connectivity index (χ4n) is 3.18. The largest absolute Gasteiger partial charge is 0.480 e. The minimum atomic E-state index is -1.13. The molecule has 1 fully saturated rings. The van der Waals surface area contributed by atoms with Gasteiger partial charge < -0.3 is 5.11 Å². The Hall–Kier alpha value is -3.46. The van der Waals surface area contributed by atoms with Gasteiger partial charge in [-0.1, -0.05) is 24.3 Å². The van der Waals surface area contributed by atoms with Crippen LogP contribution in [-0.2, 0) is 14.4 Å². The molecule has 0 atom stereocenters. The third-order valence-corrected chi connectivity index (χ3v) is 5.64. The van der Waals surface area contributed by atoms with Gasteiger partial charge in [0.2, 0.25) is 0 Å². The number of aliphatic imine (C=N–C) groups is 1. The van der Waals surface area contributed by atoms with Crippen LogP contribution in [0.15, 0.2) is 52.4 Å². The summed E-state index contributed by atoms with van der Waals surface area (Å²) in [5, 5.41) is 9.58. The quantitative estimate of drug-likeness (QED) is 0.783. The lowest BCUT2D eigenvalue weighted by molar-refractivity contribution is -0.136. The van der Waals surface area contributed by atoms with Gasteiger partial charge in [-0.2, -0.15) is 0 Å². The van der Waals surface area contributed by atoms with E-state index in [1.165, 1.54) is 9.80 Å². The lowest BCUT2D eigenvalue weighted by Crippen LogP contribution is -2.32. The summed E-state index contributed by atoms with van der Waals surface area (Å²) in [6, 6.07) is 12.2. The standard InChI is InChI=1S/C20H16N4O4S/c1-11-6-5-9-14(21-11)22-20-23(2)19(28)17(29-20)16-12-7-3-4-8-13(12)24(18(16)27)10-15(25)26/h3-9H,10H2,1-2H3,(H,25,26)/b17-16-,22-20+. The van der Waals surface area contributed by atoms with Crippen molar-refractivity contribution in [3.05, 3.63) is 58.6 Å². The molecule has 0 bridgehead atoms. The monoisotopic (exact) mass is 408 g/mol. The highest BCUT2D eigenvalue weighted by Gasteiger charge is 2.41. The molecular formula is C20H16N4O4S. The fraction of sp³-hybridized carbons (Fsp3) is 0.150. The molecule has 0 spiro atoms. The zero-order valence-electron chi connectivity index (χ0n) is 15.6. The molecule has 2 aliphatic heterocycles. The zero-order chi connectivity index (χ0) is 20.7. The number of fused-ring (bicyclic) bond motifs is 1. The van der Waals surface area contributed by atoms with E-state index in [2.05, 4.69) is 9.98 Å². The van der Waals surface area contributed by atoms with E-state index in [9.17, 15) is 19.5 Å². The van der Waals surface area contributed by atoms with E-state index in [-0.39, 0.29) is 16.4 Å². The second-order valence-corrected chi connectivity index (χ2v) is 7.48. The number of benzene rings is 1. The number of amides is 2. The van der Waals surface area contributed by atoms with Gasteiger partial charge in [0.15, 0.2) is 11.0 Å². The summed E-state index contributed by atoms with van der Waals surface area (Å²) in [7, 11) is 1.58. The van der Waals surface area contributed by atoms with Gasteiger partial charge in [-0.25, -0.2) is 9.98 Å². The average molecular weight is 408 g/mol. The first-order valence-corrected chi connectivity index (χ1v) is 9.54. The maximum Gasteiger partial charge on any atom is 0.323 e. The number of aryl methyl sites for hydroxylation is 1. The van der Waals surface area contributed by atoms with Crippen molar-refractivity contribution in [3.8, 4) is 0 Å². The summed E-state index contributed by atoms with van der Waals surface area (Å²) >= 11 is 1.08. The Bertz CT molecular complexity index is 1120. The first kappa shape index (κ1) is 18.9. The molecule has 4 rings (SSSR count). The average Bonchev–Trinajstić information content (AvgIpc) is 3.10. The van der Waals surface area contributed by atoms with E-state index >= 15 is 0 Å². The van der Waals surface area contributed by atoms with Crippen LogP contribution in [0.1, 0.15) is 11.3 Å². The number of nitrogens with zero attached hydrogens (tertiary/aromatic N) is 4. The van der Waals surface area contributed by atoms with Crippen LogP contribution in [0.5, 0.6) is 0 Å². The zero-order valence-corrected chi connectivity index (χ0v) is 16.4. The molecule has 0 radical (unpaired) electrons. The molecule has 146 valence electrons. The summed E-state index contributed by atoms with van der Waals surface area (Å²) in [6.45, 7) is 1.37. The first-order chi connectivity index (χ1) is 13.9. The van der Waals surface area contributed by atoms with Gasteiger partial charge in [0.25, 0.3) is 11.8 Å². The van der Waals surface area contributed by atoms with Crippen molar-refractivity contribution in [3.63, 3.8) is 0 Å². The second-order valence-electron chi connectivity index (χ2n) is 6.50. The molecule has 8 nitrogen and oxygen atoms in total. The van der Waals surface area contributed by atoms with Gasteiger partial charge in [-0.15, -0.1) is 0 Å². The predicted octanol–water partition coefficient (Wildman–Crippen LogP) is 2.43. The van der Waals surface area contributed by atoms with E-state index in [0.29, 0.717) is 22.2 Å². The van der Waals surface area contributed by atoms with Crippen LogP contribution in [0.4, 0.5) is 11.5 Å². The van der Waals surface area contributed by atoms with Gasteiger partial charge in [0.1, 0.15) is 6.54 Å². The number of hydrogen-bond acceptors (Lipinski definition) is 6. The van der Waals surface area contributed by atoms with Crippen molar-refractivity contribution in [1.82, 2.24) is 9.88 Å². The number of aromatic nitrogens is 1. The molecule has 1 aromatic carbocycles. The van der Waals surface area contributed by atoms with E-state index in [4.69, 9.17) is 0 Å². The number of carbonyl (C=O) groups is 3. The number of pyridine rings is 1. The van der Waals surface area contributed by atoms with E-state index in [1.54, 1.807) is 37.4 Å². The van der Waals surface area contributed by atoms with Gasteiger partial charge in [-0.3, -0.25) is 24.2 Å². The van der Waals surface area contributed by atoms with Gasteiger partial charge in [-0.05, 0) is 36.9 Å². The highest BCUT2D eigenvalue weighted by Crippen LogP contribution is 2.44. The topological polar surface area (TPSA) is 103 Å². The van der Waals surface area contributed by atoms with Crippen LogP contribution < -0.4 is 4.90 Å². The number of aliphatic carboxylic acids is 1. The number of anilines is 1. The van der Waals surface area contributed by atoms with Gasteiger partial charge in [0, 0.05) is 18.3 Å². The van der Waals surface area contributed by atoms with Crippen molar-refractivity contribution in [2.45, 2.75) is 6.92 Å².